The fourth-order valence-electron chi connectivity index (χ4n) is 0. The van der Waals surface area contributed by atoms with E-state index < -0.39 is 16.9 Å². The molecule has 7 N–H and O–H groups in total. The molecule has 0 aromatic rings. The normalized spacial score (nSPS) is 10.8. The zero-order valence-corrected chi connectivity index (χ0v) is 6.79. The Hall–Kier alpha value is 0.0969. The fraction of sp³-hybridized carbons (Fsp3) is 0. The molecule has 0 saturated heterocycles. The van der Waals surface area contributed by atoms with E-state index in [1.165, 1.54) is 0 Å². The second kappa shape index (κ2) is 5.71. The summed E-state index contributed by atoms with van der Waals surface area (Å²) in [5.41, 5.74) is 0. The molecule has 0 amide bonds. The Bertz CT molecular complexity index is 106. The van der Waals surface area contributed by atoms with E-state index in [2.05, 4.69) is 0 Å². The van der Waals surface area contributed by atoms with E-state index in [0.29, 0.717) is 0 Å². The van der Waals surface area contributed by atoms with Gasteiger partial charge in [0.15, 0.2) is 0 Å². The number of rotatable bonds is 0. The molecule has 0 aliphatic carbocycles. The number of phosphoric acid groups is 1. The van der Waals surface area contributed by atoms with Gasteiger partial charge in [-0.15, -0.1) is 0 Å². The van der Waals surface area contributed by atoms with Crippen LogP contribution in [0.2, 0.25) is 0 Å². The van der Waals surface area contributed by atoms with Gasteiger partial charge < -0.3 is 33.9 Å². The largest absolute Gasteiger partial charge is 0.668 e. The number of hydrogen-bond donors (Lipinski definition) is 7. The van der Waals surface area contributed by atoms with Gasteiger partial charge in [0.05, 0.1) is 0 Å². The first-order valence-corrected chi connectivity index (χ1v) is 5.03. The summed E-state index contributed by atoms with van der Waals surface area (Å²) in [5.74, 6) is 0. The molecule has 0 bridgehead atoms. The molecule has 0 aliphatic rings. The first kappa shape index (κ1) is 17.3. The lowest BCUT2D eigenvalue weighted by Gasteiger charge is -1.91. The van der Waals surface area contributed by atoms with Gasteiger partial charge in [0.1, 0.15) is 0 Å². The minimum atomic E-state index is -4.64. The average Bonchev–Trinajstić information content (AvgIpc) is 1.12. The molecule has 0 spiro atoms. The van der Waals surface area contributed by atoms with Crippen LogP contribution in [0.15, 0.2) is 0 Å². The van der Waals surface area contributed by atoms with Crippen molar-refractivity contribution in [1.29, 1.82) is 0 Å². The summed E-state index contributed by atoms with van der Waals surface area (Å²) in [7, 11) is -9.25. The van der Waals surface area contributed by atoms with Crippen molar-refractivity contribution in [3.05, 3.63) is 0 Å². The number of halogens is 1. The Kier molecular flexibility index (Phi) is 8.96. The molecule has 0 heterocycles. The third-order valence-corrected chi connectivity index (χ3v) is 0. The van der Waals surface area contributed by atoms with Crippen molar-refractivity contribution >= 4 is 16.9 Å². The van der Waals surface area contributed by atoms with Gasteiger partial charge in [0, 0.05) is 0 Å². The van der Waals surface area contributed by atoms with Crippen LogP contribution in [0.4, 0.5) is 4.70 Å². The number of hydrogen-bond acceptors (Lipinski definition) is 5. The van der Waals surface area contributed by atoms with E-state index >= 15 is 0 Å². The molecule has 11 heavy (non-hydrogen) atoms. The Morgan fingerprint density at radius 2 is 0.909 bits per heavy atom. The van der Waals surface area contributed by atoms with Crippen LogP contribution >= 0.6 is 7.82 Å². The Labute approximate surface area is 61.1 Å². The summed E-state index contributed by atoms with van der Waals surface area (Å²) >= 11 is 0. The maximum Gasteiger partial charge on any atom is 0.668 e. The highest BCUT2D eigenvalue weighted by Crippen LogP contribution is 2.25. The maximum atomic E-state index is 8.88. The standard InChI is InChI=1S/FH.H3O4P.H4O4Si/c;2*1-5(2,3)4/h1H;(H3,1,2,3,4);1-4H. The first-order chi connectivity index (χ1) is 4.00. The topological polar surface area (TPSA) is 159 Å². The highest BCUT2D eigenvalue weighted by molar-refractivity contribution is 7.45. The highest BCUT2D eigenvalue weighted by Gasteiger charge is 2.22. The van der Waals surface area contributed by atoms with Gasteiger partial charge in [-0.05, 0) is 0 Å². The maximum absolute atomic E-state index is 8.88. The van der Waals surface area contributed by atoms with Crippen molar-refractivity contribution in [3.63, 3.8) is 0 Å². The van der Waals surface area contributed by atoms with Crippen LogP contribution in [0.25, 0.3) is 0 Å². The van der Waals surface area contributed by atoms with Gasteiger partial charge in [0.25, 0.3) is 0 Å². The van der Waals surface area contributed by atoms with E-state index in [9.17, 15) is 0 Å². The summed E-state index contributed by atoms with van der Waals surface area (Å²) < 4.78 is 8.88. The predicted molar refractivity (Wildman–Crippen MR) is 31.4 cm³/mol. The summed E-state index contributed by atoms with van der Waals surface area (Å²) in [6.07, 6.45) is 0. The molecule has 72 valence electrons. The minimum Gasteiger partial charge on any atom is -0.368 e. The zero-order chi connectivity index (χ0) is 9.00. The van der Waals surface area contributed by atoms with E-state index in [1.807, 2.05) is 0 Å². The van der Waals surface area contributed by atoms with Gasteiger partial charge >= 0.3 is 16.9 Å². The van der Waals surface area contributed by atoms with Crippen molar-refractivity contribution in [2.45, 2.75) is 0 Å². The molecule has 0 aromatic heterocycles. The molecule has 11 heteroatoms. The average molecular weight is 214 g/mol. The van der Waals surface area contributed by atoms with Crippen LogP contribution in [0, 0.1) is 0 Å². The fourth-order valence-corrected chi connectivity index (χ4v) is 0. The van der Waals surface area contributed by atoms with E-state index in [0.717, 1.165) is 0 Å². The SMILES string of the molecule is F.O=P(O)(O)O.O[Si](O)(O)O. The van der Waals surface area contributed by atoms with Gasteiger partial charge in [-0.2, -0.15) is 0 Å². The van der Waals surface area contributed by atoms with Crippen LogP contribution in [0.1, 0.15) is 0 Å². The molecule has 0 aromatic carbocycles. The molecule has 0 fully saturated rings. The van der Waals surface area contributed by atoms with Gasteiger partial charge in [-0.3, -0.25) is 4.70 Å². The van der Waals surface area contributed by atoms with E-state index in [-0.39, 0.29) is 4.70 Å². The third-order valence-electron chi connectivity index (χ3n) is 0. The van der Waals surface area contributed by atoms with E-state index in [4.69, 9.17) is 38.4 Å². The van der Waals surface area contributed by atoms with Gasteiger partial charge in [0.2, 0.25) is 0 Å². The molecular weight excluding hydrogens is 206 g/mol. The second-order valence-electron chi connectivity index (χ2n) is 1.11. The molecule has 0 atom stereocenters. The summed E-state index contributed by atoms with van der Waals surface area (Å²) in [6, 6.07) is 0. The molecule has 0 radical (unpaired) electrons. The summed E-state index contributed by atoms with van der Waals surface area (Å²) in [4.78, 5) is 50.9. The van der Waals surface area contributed by atoms with Crippen molar-refractivity contribution in [3.8, 4) is 0 Å². The Morgan fingerprint density at radius 1 is 0.909 bits per heavy atom. The van der Waals surface area contributed by atoms with Crippen LogP contribution < -0.4 is 0 Å². The minimum absolute atomic E-state index is 0. The van der Waals surface area contributed by atoms with E-state index in [1.54, 1.807) is 0 Å². The summed E-state index contributed by atoms with van der Waals surface area (Å²) in [5, 5.41) is 0. The molecule has 0 aliphatic heterocycles. The van der Waals surface area contributed by atoms with Crippen molar-refractivity contribution in [2.24, 2.45) is 0 Å². The monoisotopic (exact) mass is 214 g/mol. The van der Waals surface area contributed by atoms with Crippen molar-refractivity contribution in [1.82, 2.24) is 0 Å². The zero-order valence-electron chi connectivity index (χ0n) is 4.89. The lowest BCUT2D eigenvalue weighted by Crippen LogP contribution is -2.33. The molecule has 0 saturated carbocycles. The van der Waals surface area contributed by atoms with Crippen LogP contribution in [-0.2, 0) is 4.57 Å². The highest BCUT2D eigenvalue weighted by atomic mass is 31.2. The van der Waals surface area contributed by atoms with Crippen molar-refractivity contribution < 1.29 is 43.1 Å². The van der Waals surface area contributed by atoms with Crippen molar-refractivity contribution in [2.75, 3.05) is 0 Å². The lowest BCUT2D eigenvalue weighted by atomic mass is 15.7. The van der Waals surface area contributed by atoms with Crippen LogP contribution in [0.5, 0.6) is 0 Å². The quantitative estimate of drug-likeness (QED) is 0.162. The molecule has 8 nitrogen and oxygen atoms in total. The van der Waals surface area contributed by atoms with Crippen LogP contribution in [0.3, 0.4) is 0 Å². The first-order valence-electron chi connectivity index (χ1n) is 1.68. The lowest BCUT2D eigenvalue weighted by molar-refractivity contribution is 0.117. The Morgan fingerprint density at radius 3 is 0.909 bits per heavy atom. The molecule has 0 unspecified atom stereocenters. The van der Waals surface area contributed by atoms with Gasteiger partial charge in [-0.1, -0.05) is 0 Å². The molecular formula is H8FO8PSi. The third kappa shape index (κ3) is 70500. The van der Waals surface area contributed by atoms with Crippen LogP contribution in [-0.4, -0.2) is 42.9 Å². The second-order valence-corrected chi connectivity index (χ2v) is 3.34. The smallest absolute Gasteiger partial charge is 0.368 e. The molecule has 0 rings (SSSR count). The Balaban J connectivity index is -0.000000107. The predicted octanol–water partition coefficient (Wildman–Crippen LogP) is -3.38. The summed E-state index contributed by atoms with van der Waals surface area (Å²) in [6.45, 7) is 0. The van der Waals surface area contributed by atoms with Gasteiger partial charge in [-0.25, -0.2) is 4.57 Å².